The predicted octanol–water partition coefficient (Wildman–Crippen LogP) is 7.06. The highest BCUT2D eigenvalue weighted by Gasteiger charge is 2.15. The molecular weight excluding hydrogens is 552 g/mol. The van der Waals surface area contributed by atoms with Crippen molar-refractivity contribution in [2.24, 2.45) is 30.7 Å². The van der Waals surface area contributed by atoms with Gasteiger partial charge in [0.2, 0.25) is 0 Å². The standard InChI is InChI=1S/C26H22N8O6S/c1-14-21(3-2-4-25(14)41(38,39)40)32-34-23-13-22(19(27)12-20(23)28)33-30-16-7-5-15(6-8-16)29-31-17-9-10-24(35)18(11-17)26(36)37/h2-13,35H,27-28H2,1H3,(H,36,37)(H,38,39,40). The first-order valence-corrected chi connectivity index (χ1v) is 13.0. The van der Waals surface area contributed by atoms with E-state index in [0.29, 0.717) is 11.4 Å². The van der Waals surface area contributed by atoms with Gasteiger partial charge in [-0.2, -0.15) is 28.9 Å². The van der Waals surface area contributed by atoms with Crippen molar-refractivity contribution in [2.75, 3.05) is 11.5 Å². The average Bonchev–Trinajstić information content (AvgIpc) is 2.92. The van der Waals surface area contributed by atoms with E-state index < -0.39 is 16.1 Å². The zero-order chi connectivity index (χ0) is 29.7. The van der Waals surface area contributed by atoms with Gasteiger partial charge in [0.1, 0.15) is 22.7 Å². The number of nitrogens with zero attached hydrogens (tertiary/aromatic N) is 6. The number of hydrogen-bond acceptors (Lipinski definition) is 12. The van der Waals surface area contributed by atoms with Crippen LogP contribution in [0.3, 0.4) is 0 Å². The summed E-state index contributed by atoms with van der Waals surface area (Å²) in [7, 11) is -4.43. The molecule has 0 spiro atoms. The van der Waals surface area contributed by atoms with Crippen molar-refractivity contribution < 1.29 is 28.0 Å². The molecule has 0 heterocycles. The van der Waals surface area contributed by atoms with Gasteiger partial charge in [0.25, 0.3) is 10.1 Å². The van der Waals surface area contributed by atoms with Gasteiger partial charge in [0.05, 0.1) is 39.0 Å². The van der Waals surface area contributed by atoms with Gasteiger partial charge < -0.3 is 21.7 Å². The average molecular weight is 575 g/mol. The van der Waals surface area contributed by atoms with Crippen LogP contribution < -0.4 is 11.5 Å². The highest BCUT2D eigenvalue weighted by molar-refractivity contribution is 7.85. The Morgan fingerprint density at radius 1 is 0.707 bits per heavy atom. The number of azo groups is 3. The van der Waals surface area contributed by atoms with E-state index in [1.807, 2.05) is 0 Å². The monoisotopic (exact) mass is 574 g/mol. The van der Waals surface area contributed by atoms with Crippen LogP contribution in [0, 0.1) is 6.92 Å². The van der Waals surface area contributed by atoms with E-state index in [4.69, 9.17) is 16.6 Å². The molecule has 4 rings (SSSR count). The number of nitrogen functional groups attached to an aromatic ring is 2. The quantitative estimate of drug-likeness (QED) is 0.0826. The highest BCUT2D eigenvalue weighted by atomic mass is 32.2. The Kier molecular flexibility index (Phi) is 8.11. The van der Waals surface area contributed by atoms with Crippen molar-refractivity contribution in [3.63, 3.8) is 0 Å². The summed E-state index contributed by atoms with van der Waals surface area (Å²) in [6.45, 7) is 1.48. The van der Waals surface area contributed by atoms with Crippen LogP contribution in [0.25, 0.3) is 0 Å². The Morgan fingerprint density at radius 3 is 1.80 bits per heavy atom. The minimum atomic E-state index is -4.43. The zero-order valence-electron chi connectivity index (χ0n) is 21.2. The number of carboxylic acid groups (broad SMARTS) is 1. The molecule has 4 aromatic rings. The molecule has 208 valence electrons. The van der Waals surface area contributed by atoms with Crippen LogP contribution in [0.4, 0.5) is 45.5 Å². The van der Waals surface area contributed by atoms with Gasteiger partial charge in [-0.15, -0.1) is 10.2 Å². The van der Waals surface area contributed by atoms with E-state index in [-0.39, 0.29) is 55.9 Å². The number of anilines is 2. The molecule has 41 heavy (non-hydrogen) atoms. The van der Waals surface area contributed by atoms with Crippen LogP contribution in [-0.4, -0.2) is 29.2 Å². The molecule has 0 radical (unpaired) electrons. The Labute approximate surface area is 233 Å². The van der Waals surface area contributed by atoms with Crippen LogP contribution in [-0.2, 0) is 10.1 Å². The van der Waals surface area contributed by atoms with E-state index in [1.54, 1.807) is 24.3 Å². The number of nitrogens with two attached hydrogens (primary N) is 2. The molecule has 0 bridgehead atoms. The van der Waals surface area contributed by atoms with Gasteiger partial charge in [-0.3, -0.25) is 4.55 Å². The zero-order valence-corrected chi connectivity index (χ0v) is 22.1. The van der Waals surface area contributed by atoms with Crippen LogP contribution >= 0.6 is 0 Å². The Balaban J connectivity index is 1.52. The van der Waals surface area contributed by atoms with Crippen LogP contribution in [0.2, 0.25) is 0 Å². The van der Waals surface area contributed by atoms with E-state index >= 15 is 0 Å². The smallest absolute Gasteiger partial charge is 0.339 e. The number of aromatic hydroxyl groups is 1. The second kappa shape index (κ2) is 11.7. The third-order valence-corrected chi connectivity index (χ3v) is 6.59. The van der Waals surface area contributed by atoms with Crippen molar-refractivity contribution >= 4 is 61.6 Å². The lowest BCUT2D eigenvalue weighted by atomic mass is 10.2. The van der Waals surface area contributed by atoms with Gasteiger partial charge in [-0.1, -0.05) is 6.07 Å². The maximum atomic E-state index is 11.5. The summed E-state index contributed by atoms with van der Waals surface area (Å²) in [6, 6.07) is 17.4. The van der Waals surface area contributed by atoms with Gasteiger partial charge in [-0.05, 0) is 79.2 Å². The highest BCUT2D eigenvalue weighted by Crippen LogP contribution is 2.36. The van der Waals surface area contributed by atoms with Gasteiger partial charge in [0.15, 0.2) is 0 Å². The number of aromatic carboxylic acids is 1. The van der Waals surface area contributed by atoms with Crippen LogP contribution in [0.1, 0.15) is 15.9 Å². The minimum absolute atomic E-state index is 0.201. The molecule has 0 saturated carbocycles. The molecule has 0 aliphatic carbocycles. The minimum Gasteiger partial charge on any atom is -0.507 e. The summed E-state index contributed by atoms with van der Waals surface area (Å²) >= 11 is 0. The first kappa shape index (κ1) is 28.5. The summed E-state index contributed by atoms with van der Waals surface area (Å²) in [6.07, 6.45) is 0. The van der Waals surface area contributed by atoms with Gasteiger partial charge in [0, 0.05) is 0 Å². The van der Waals surface area contributed by atoms with E-state index in [1.165, 1.54) is 55.5 Å². The molecule has 0 atom stereocenters. The Bertz CT molecular complexity index is 1840. The summed E-state index contributed by atoms with van der Waals surface area (Å²) in [4.78, 5) is 10.9. The lowest BCUT2D eigenvalue weighted by Gasteiger charge is -2.06. The molecule has 0 fully saturated rings. The van der Waals surface area contributed by atoms with E-state index in [2.05, 4.69) is 30.7 Å². The Morgan fingerprint density at radius 2 is 1.22 bits per heavy atom. The first-order valence-electron chi connectivity index (χ1n) is 11.6. The molecule has 14 nitrogen and oxygen atoms in total. The van der Waals surface area contributed by atoms with Crippen molar-refractivity contribution in [3.8, 4) is 5.75 Å². The van der Waals surface area contributed by atoms with Crippen molar-refractivity contribution in [3.05, 3.63) is 83.9 Å². The topological polar surface area (TPSA) is 238 Å². The Hall–Kier alpha value is -5.54. The SMILES string of the molecule is Cc1c(N=Nc2cc(N=Nc3ccc(N=Nc4ccc(O)c(C(=O)O)c4)cc3)c(N)cc2N)cccc1S(=O)(=O)O. The fourth-order valence-corrected chi connectivity index (χ4v) is 4.20. The fourth-order valence-electron chi connectivity index (χ4n) is 3.45. The number of carboxylic acids is 1. The number of carbonyl (C=O) groups is 1. The second-order valence-electron chi connectivity index (χ2n) is 8.47. The maximum absolute atomic E-state index is 11.5. The molecule has 15 heteroatoms. The molecule has 0 unspecified atom stereocenters. The molecule has 4 aromatic carbocycles. The lowest BCUT2D eigenvalue weighted by molar-refractivity contribution is 0.0693. The van der Waals surface area contributed by atoms with E-state index in [9.17, 15) is 22.9 Å². The number of phenols is 1. The second-order valence-corrected chi connectivity index (χ2v) is 9.86. The molecule has 0 aromatic heterocycles. The fraction of sp³-hybridized carbons (Fsp3) is 0.0385. The normalized spacial score (nSPS) is 12.0. The van der Waals surface area contributed by atoms with Crippen molar-refractivity contribution in [1.29, 1.82) is 0 Å². The molecule has 0 aliphatic heterocycles. The largest absolute Gasteiger partial charge is 0.507 e. The summed E-state index contributed by atoms with van der Waals surface area (Å²) in [5.41, 5.74) is 14.2. The van der Waals surface area contributed by atoms with Crippen LogP contribution in [0.15, 0.2) is 108 Å². The number of rotatable bonds is 8. The first-order chi connectivity index (χ1) is 19.4. The molecule has 0 aliphatic rings. The molecular formula is C26H22N8O6S. The van der Waals surface area contributed by atoms with Gasteiger partial charge >= 0.3 is 5.97 Å². The third kappa shape index (κ3) is 6.92. The third-order valence-electron chi connectivity index (χ3n) is 5.59. The van der Waals surface area contributed by atoms with Crippen molar-refractivity contribution in [1.82, 2.24) is 0 Å². The molecule has 0 amide bonds. The lowest BCUT2D eigenvalue weighted by Crippen LogP contribution is -2.00. The summed E-state index contributed by atoms with van der Waals surface area (Å²) in [5, 5.41) is 43.2. The van der Waals surface area contributed by atoms with E-state index in [0.717, 1.165) is 0 Å². The van der Waals surface area contributed by atoms with Gasteiger partial charge in [-0.25, -0.2) is 4.79 Å². The number of benzene rings is 4. The summed E-state index contributed by atoms with van der Waals surface area (Å²) < 4.78 is 32.5. The predicted molar refractivity (Wildman–Crippen MR) is 150 cm³/mol. The van der Waals surface area contributed by atoms with Crippen LogP contribution in [0.5, 0.6) is 5.75 Å². The number of hydrogen-bond donors (Lipinski definition) is 5. The summed E-state index contributed by atoms with van der Waals surface area (Å²) in [5.74, 6) is -1.66. The maximum Gasteiger partial charge on any atom is 0.339 e. The van der Waals surface area contributed by atoms with Crippen molar-refractivity contribution in [2.45, 2.75) is 11.8 Å². The molecule has 7 N–H and O–H groups in total. The molecule has 0 saturated heterocycles.